The fourth-order valence-corrected chi connectivity index (χ4v) is 3.79. The van der Waals surface area contributed by atoms with E-state index < -0.39 is 0 Å². The Morgan fingerprint density at radius 2 is 2.08 bits per heavy atom. The molecule has 1 saturated heterocycles. The predicted octanol–water partition coefficient (Wildman–Crippen LogP) is 3.06. The van der Waals surface area contributed by atoms with Gasteiger partial charge in [-0.1, -0.05) is 0 Å². The minimum absolute atomic E-state index is 0.0988. The van der Waals surface area contributed by atoms with Crippen molar-refractivity contribution in [3.8, 4) is 0 Å². The van der Waals surface area contributed by atoms with Crippen molar-refractivity contribution in [1.29, 1.82) is 0 Å². The summed E-state index contributed by atoms with van der Waals surface area (Å²) < 4.78 is 2.93. The average Bonchev–Trinajstić information content (AvgIpc) is 3.09. The van der Waals surface area contributed by atoms with Gasteiger partial charge in [0.1, 0.15) is 6.33 Å². The number of nitrogens with zero attached hydrogens (tertiary/aromatic N) is 5. The van der Waals surface area contributed by atoms with Crippen LogP contribution < -0.4 is 0 Å². The van der Waals surface area contributed by atoms with Crippen molar-refractivity contribution in [1.82, 2.24) is 24.5 Å². The van der Waals surface area contributed by atoms with Gasteiger partial charge >= 0.3 is 0 Å². The number of aromatic nitrogens is 4. The molecule has 128 valence electrons. The van der Waals surface area contributed by atoms with Crippen LogP contribution in [0.15, 0.2) is 36.7 Å². The molecule has 0 spiro atoms. The van der Waals surface area contributed by atoms with E-state index in [0.29, 0.717) is 12.3 Å². The first-order chi connectivity index (χ1) is 12.1. The van der Waals surface area contributed by atoms with Gasteiger partial charge in [0.15, 0.2) is 0 Å². The molecule has 1 amide bonds. The van der Waals surface area contributed by atoms with E-state index in [-0.39, 0.29) is 11.8 Å². The third kappa shape index (κ3) is 3.24. The van der Waals surface area contributed by atoms with Gasteiger partial charge in [-0.3, -0.25) is 4.79 Å². The van der Waals surface area contributed by atoms with Gasteiger partial charge in [-0.25, -0.2) is 9.50 Å². The molecule has 0 aliphatic carbocycles. The van der Waals surface area contributed by atoms with E-state index in [4.69, 9.17) is 0 Å². The molecule has 1 unspecified atom stereocenters. The number of halogens is 1. The molecule has 6 nitrogen and oxygen atoms in total. The van der Waals surface area contributed by atoms with E-state index in [0.717, 1.165) is 39.9 Å². The molecular weight excluding hydrogens is 429 g/mol. The Kier molecular flexibility index (Phi) is 4.41. The van der Waals surface area contributed by atoms with Crippen molar-refractivity contribution < 1.29 is 4.79 Å². The van der Waals surface area contributed by atoms with Crippen molar-refractivity contribution in [2.45, 2.75) is 25.7 Å². The van der Waals surface area contributed by atoms with Gasteiger partial charge in [0.05, 0.1) is 5.69 Å². The van der Waals surface area contributed by atoms with Crippen LogP contribution in [0.2, 0.25) is 0 Å². The van der Waals surface area contributed by atoms with Crippen molar-refractivity contribution in [2.24, 2.45) is 0 Å². The Morgan fingerprint density at radius 1 is 1.28 bits per heavy atom. The van der Waals surface area contributed by atoms with E-state index in [1.165, 1.54) is 6.33 Å². The van der Waals surface area contributed by atoms with E-state index in [2.05, 4.69) is 43.7 Å². The SMILES string of the molecule is Cc1cc(C2CCCN(C(=O)c3ccc(I)cc3)C2)n2ncnc2n1. The largest absolute Gasteiger partial charge is 0.338 e. The third-order valence-electron chi connectivity index (χ3n) is 4.63. The molecule has 3 heterocycles. The zero-order valence-electron chi connectivity index (χ0n) is 13.9. The summed E-state index contributed by atoms with van der Waals surface area (Å²) in [6, 6.07) is 9.81. The number of benzene rings is 1. The van der Waals surface area contributed by atoms with Gasteiger partial charge < -0.3 is 4.90 Å². The summed E-state index contributed by atoms with van der Waals surface area (Å²) in [5.74, 6) is 0.963. The average molecular weight is 447 g/mol. The molecular formula is C18H18IN5O. The lowest BCUT2D eigenvalue weighted by atomic mass is 9.93. The van der Waals surface area contributed by atoms with Gasteiger partial charge in [0, 0.05) is 33.8 Å². The molecule has 3 aromatic rings. The Hall–Kier alpha value is -2.03. The normalized spacial score (nSPS) is 17.8. The number of aryl methyl sites for hydroxylation is 1. The Morgan fingerprint density at radius 3 is 2.88 bits per heavy atom. The lowest BCUT2D eigenvalue weighted by molar-refractivity contribution is 0.0705. The molecule has 2 aromatic heterocycles. The zero-order chi connectivity index (χ0) is 17.4. The second-order valence-electron chi connectivity index (χ2n) is 6.39. The highest BCUT2D eigenvalue weighted by Gasteiger charge is 2.27. The molecule has 1 atom stereocenters. The number of hydrogen-bond donors (Lipinski definition) is 0. The summed E-state index contributed by atoms with van der Waals surface area (Å²) in [5, 5.41) is 4.31. The standard InChI is InChI=1S/C18H18IN5O/c1-12-9-16(24-18(22-12)20-11-21-24)14-3-2-8-23(10-14)17(25)13-4-6-15(19)7-5-13/h4-7,9,11,14H,2-3,8,10H2,1H3. The van der Waals surface area contributed by atoms with E-state index in [9.17, 15) is 4.79 Å². The van der Waals surface area contributed by atoms with Crippen molar-refractivity contribution >= 4 is 34.3 Å². The van der Waals surface area contributed by atoms with Crippen LogP contribution in [0, 0.1) is 10.5 Å². The summed E-state index contributed by atoms with van der Waals surface area (Å²) in [6.45, 7) is 3.46. The first-order valence-corrected chi connectivity index (χ1v) is 9.42. The summed E-state index contributed by atoms with van der Waals surface area (Å²) >= 11 is 2.25. The lowest BCUT2D eigenvalue weighted by Gasteiger charge is -2.33. The van der Waals surface area contributed by atoms with Crippen molar-refractivity contribution in [3.63, 3.8) is 0 Å². The minimum atomic E-state index is 0.0988. The second-order valence-corrected chi connectivity index (χ2v) is 7.64. The maximum Gasteiger partial charge on any atom is 0.253 e. The molecule has 1 aliphatic heterocycles. The highest BCUT2D eigenvalue weighted by molar-refractivity contribution is 14.1. The van der Waals surface area contributed by atoms with E-state index >= 15 is 0 Å². The number of rotatable bonds is 2. The minimum Gasteiger partial charge on any atom is -0.338 e. The van der Waals surface area contributed by atoms with Crippen LogP contribution in [0.4, 0.5) is 0 Å². The molecule has 25 heavy (non-hydrogen) atoms. The highest BCUT2D eigenvalue weighted by Crippen LogP contribution is 2.28. The molecule has 1 fully saturated rings. The van der Waals surface area contributed by atoms with Gasteiger partial charge in [-0.2, -0.15) is 10.1 Å². The van der Waals surface area contributed by atoms with Gasteiger partial charge in [0.25, 0.3) is 11.7 Å². The first-order valence-electron chi connectivity index (χ1n) is 8.34. The first kappa shape index (κ1) is 16.4. The maximum atomic E-state index is 12.8. The topological polar surface area (TPSA) is 63.4 Å². The monoisotopic (exact) mass is 447 g/mol. The van der Waals surface area contributed by atoms with Crippen LogP contribution in [0.5, 0.6) is 0 Å². The zero-order valence-corrected chi connectivity index (χ0v) is 16.0. The number of likely N-dealkylation sites (tertiary alicyclic amines) is 1. The molecule has 1 aromatic carbocycles. The van der Waals surface area contributed by atoms with Crippen LogP contribution in [0.1, 0.15) is 40.5 Å². The lowest BCUT2D eigenvalue weighted by Crippen LogP contribution is -2.39. The summed E-state index contributed by atoms with van der Waals surface area (Å²) in [4.78, 5) is 23.4. The highest BCUT2D eigenvalue weighted by atomic mass is 127. The van der Waals surface area contributed by atoms with Crippen molar-refractivity contribution in [3.05, 3.63) is 57.2 Å². The van der Waals surface area contributed by atoms with Crippen LogP contribution >= 0.6 is 22.6 Å². The molecule has 0 bridgehead atoms. The van der Waals surface area contributed by atoms with E-state index in [1.807, 2.05) is 36.1 Å². The van der Waals surface area contributed by atoms with E-state index in [1.54, 1.807) is 4.52 Å². The van der Waals surface area contributed by atoms with Gasteiger partial charge in [0.2, 0.25) is 0 Å². The van der Waals surface area contributed by atoms with Crippen LogP contribution in [-0.2, 0) is 0 Å². The van der Waals surface area contributed by atoms with Gasteiger partial charge in [-0.05, 0) is 72.7 Å². The quantitative estimate of drug-likeness (QED) is 0.567. The summed E-state index contributed by atoms with van der Waals surface area (Å²) in [7, 11) is 0. The maximum absolute atomic E-state index is 12.8. The molecule has 0 N–H and O–H groups in total. The molecule has 0 radical (unpaired) electrons. The molecule has 0 saturated carbocycles. The van der Waals surface area contributed by atoms with Crippen LogP contribution in [0.3, 0.4) is 0 Å². The van der Waals surface area contributed by atoms with Crippen LogP contribution in [-0.4, -0.2) is 43.5 Å². The molecule has 7 heteroatoms. The number of carbonyl (C=O) groups excluding carboxylic acids is 1. The van der Waals surface area contributed by atoms with Crippen molar-refractivity contribution in [2.75, 3.05) is 13.1 Å². The predicted molar refractivity (Wildman–Crippen MR) is 103 cm³/mol. The third-order valence-corrected chi connectivity index (χ3v) is 5.34. The second kappa shape index (κ2) is 6.70. The number of fused-ring (bicyclic) bond motifs is 1. The fourth-order valence-electron chi connectivity index (χ4n) is 3.43. The number of amides is 1. The smallest absolute Gasteiger partial charge is 0.253 e. The Labute approximate surface area is 159 Å². The number of hydrogen-bond acceptors (Lipinski definition) is 4. The van der Waals surface area contributed by atoms with Crippen LogP contribution in [0.25, 0.3) is 5.78 Å². The Balaban J connectivity index is 1.61. The van der Waals surface area contributed by atoms with Gasteiger partial charge in [-0.15, -0.1) is 0 Å². The summed E-state index contributed by atoms with van der Waals surface area (Å²) in [5.41, 5.74) is 2.76. The molecule has 1 aliphatic rings. The fraction of sp³-hybridized carbons (Fsp3) is 0.333. The number of carbonyl (C=O) groups is 1. The molecule has 4 rings (SSSR count). The number of piperidine rings is 1. The summed E-state index contributed by atoms with van der Waals surface area (Å²) in [6.07, 6.45) is 3.55. The Bertz CT molecular complexity index is 921.